The normalized spacial score (nSPS) is 15.7. The summed E-state index contributed by atoms with van der Waals surface area (Å²) in [5.74, 6) is 6.36. The maximum absolute atomic E-state index is 4.30. The van der Waals surface area contributed by atoms with E-state index < -0.39 is 0 Å². The molecule has 1 aliphatic heterocycles. The van der Waals surface area contributed by atoms with Gasteiger partial charge in [0, 0.05) is 37.8 Å². The van der Waals surface area contributed by atoms with Gasteiger partial charge in [-0.25, -0.2) is 0 Å². The summed E-state index contributed by atoms with van der Waals surface area (Å²) >= 11 is 0. The van der Waals surface area contributed by atoms with Crippen molar-refractivity contribution in [3.63, 3.8) is 0 Å². The molecule has 0 spiro atoms. The van der Waals surface area contributed by atoms with E-state index in [1.54, 1.807) is 0 Å². The molecule has 2 rings (SSSR count). The van der Waals surface area contributed by atoms with Gasteiger partial charge < -0.3 is 10.2 Å². The van der Waals surface area contributed by atoms with Crippen LogP contribution in [0, 0.1) is 11.8 Å². The van der Waals surface area contributed by atoms with E-state index in [-0.39, 0.29) is 0 Å². The van der Waals surface area contributed by atoms with Crippen molar-refractivity contribution >= 4 is 5.69 Å². The highest BCUT2D eigenvalue weighted by Crippen LogP contribution is 2.15. The van der Waals surface area contributed by atoms with Crippen molar-refractivity contribution in [2.24, 2.45) is 0 Å². The number of hydrogen-bond acceptors (Lipinski definition) is 3. The summed E-state index contributed by atoms with van der Waals surface area (Å²) < 4.78 is 0. The molecule has 1 aromatic rings. The summed E-state index contributed by atoms with van der Waals surface area (Å²) in [4.78, 5) is 6.69. The quantitative estimate of drug-likeness (QED) is 0.806. The van der Waals surface area contributed by atoms with E-state index in [1.165, 1.54) is 12.1 Å². The van der Waals surface area contributed by atoms with Gasteiger partial charge in [0.1, 0.15) is 0 Å². The van der Waals surface area contributed by atoms with Crippen LogP contribution in [0.2, 0.25) is 0 Å². The second-order valence-corrected chi connectivity index (χ2v) is 4.57. The number of pyridine rings is 1. The second-order valence-electron chi connectivity index (χ2n) is 4.57. The van der Waals surface area contributed by atoms with E-state index in [1.807, 2.05) is 12.4 Å². The lowest BCUT2D eigenvalue weighted by Gasteiger charge is -2.21. The average Bonchev–Trinajstić information content (AvgIpc) is 2.68. The molecule has 0 saturated carbocycles. The maximum Gasteiger partial charge on any atom is 0.0565 e. The van der Waals surface area contributed by atoms with Crippen LogP contribution in [0.15, 0.2) is 18.5 Å². The van der Waals surface area contributed by atoms with Crippen molar-refractivity contribution < 1.29 is 0 Å². The predicted molar refractivity (Wildman–Crippen MR) is 75.7 cm³/mol. The number of rotatable bonds is 2. The van der Waals surface area contributed by atoms with Crippen LogP contribution >= 0.6 is 0 Å². The zero-order valence-corrected chi connectivity index (χ0v) is 11.1. The van der Waals surface area contributed by atoms with Gasteiger partial charge in [-0.15, -0.1) is 0 Å². The molecule has 3 heteroatoms. The van der Waals surface area contributed by atoms with Gasteiger partial charge in [0.05, 0.1) is 11.9 Å². The smallest absolute Gasteiger partial charge is 0.0565 e. The number of anilines is 1. The number of unbranched alkanes of at least 4 members (excludes halogenated alkanes) is 1. The third-order valence-corrected chi connectivity index (χ3v) is 3.04. The molecule has 0 atom stereocenters. The summed E-state index contributed by atoms with van der Waals surface area (Å²) in [6, 6.07) is 2.15. The molecule has 1 N–H and O–H groups in total. The van der Waals surface area contributed by atoms with Crippen LogP contribution in [0.25, 0.3) is 0 Å². The minimum atomic E-state index is 0.956. The van der Waals surface area contributed by atoms with E-state index in [0.29, 0.717) is 0 Å². The summed E-state index contributed by atoms with van der Waals surface area (Å²) in [6.45, 7) is 6.45. The molecule has 2 heterocycles. The molecule has 1 fully saturated rings. The fraction of sp³-hybridized carbons (Fsp3) is 0.533. The standard InChI is InChI=1S/C15H21N3/c1-2-3-4-6-14-11-15(13-17-12-14)18-9-5-7-16-8-10-18/h11-13,16H,2-3,5,7-10H2,1H3. The van der Waals surface area contributed by atoms with Gasteiger partial charge in [-0.3, -0.25) is 4.98 Å². The SMILES string of the molecule is CCCC#Cc1cncc(N2CCCNCC2)c1. The third-order valence-electron chi connectivity index (χ3n) is 3.04. The molecule has 0 amide bonds. The average molecular weight is 243 g/mol. The Morgan fingerprint density at radius 3 is 3.17 bits per heavy atom. The fourth-order valence-electron chi connectivity index (χ4n) is 2.06. The van der Waals surface area contributed by atoms with Gasteiger partial charge in [-0.1, -0.05) is 18.8 Å². The molecule has 0 unspecified atom stereocenters. The Morgan fingerprint density at radius 2 is 2.28 bits per heavy atom. The van der Waals surface area contributed by atoms with Crippen molar-refractivity contribution in [3.8, 4) is 11.8 Å². The van der Waals surface area contributed by atoms with Gasteiger partial charge in [0.2, 0.25) is 0 Å². The molecule has 1 saturated heterocycles. The fourth-order valence-corrected chi connectivity index (χ4v) is 2.06. The Hall–Kier alpha value is -1.53. The Kier molecular flexibility index (Phi) is 5.04. The molecule has 0 aliphatic carbocycles. The summed E-state index contributed by atoms with van der Waals surface area (Å²) in [7, 11) is 0. The van der Waals surface area contributed by atoms with Crippen molar-refractivity contribution in [1.29, 1.82) is 0 Å². The molecule has 0 aromatic carbocycles. The molecule has 1 aliphatic rings. The number of nitrogens with zero attached hydrogens (tertiary/aromatic N) is 2. The van der Waals surface area contributed by atoms with Gasteiger partial charge in [-0.05, 0) is 25.5 Å². The Balaban J connectivity index is 2.08. The van der Waals surface area contributed by atoms with E-state index in [4.69, 9.17) is 0 Å². The van der Waals surface area contributed by atoms with E-state index in [9.17, 15) is 0 Å². The maximum atomic E-state index is 4.30. The molecule has 96 valence electrons. The molecular weight excluding hydrogens is 222 g/mol. The summed E-state index contributed by atoms with van der Waals surface area (Å²) in [6.07, 6.45) is 7.04. The lowest BCUT2D eigenvalue weighted by atomic mass is 10.2. The van der Waals surface area contributed by atoms with Crippen molar-refractivity contribution in [3.05, 3.63) is 24.0 Å². The minimum Gasteiger partial charge on any atom is -0.369 e. The largest absolute Gasteiger partial charge is 0.369 e. The Morgan fingerprint density at radius 1 is 1.33 bits per heavy atom. The lowest BCUT2D eigenvalue weighted by molar-refractivity contribution is 0.724. The zero-order valence-electron chi connectivity index (χ0n) is 11.1. The zero-order chi connectivity index (χ0) is 12.6. The number of nitrogens with one attached hydrogen (secondary N) is 1. The van der Waals surface area contributed by atoms with Crippen LogP contribution < -0.4 is 10.2 Å². The number of aromatic nitrogens is 1. The summed E-state index contributed by atoms with van der Waals surface area (Å²) in [5.41, 5.74) is 2.22. The topological polar surface area (TPSA) is 28.2 Å². The highest BCUT2D eigenvalue weighted by atomic mass is 15.2. The van der Waals surface area contributed by atoms with Gasteiger partial charge in [-0.2, -0.15) is 0 Å². The lowest BCUT2D eigenvalue weighted by Crippen LogP contribution is -2.27. The molecule has 0 bridgehead atoms. The molecular formula is C15H21N3. The van der Waals surface area contributed by atoms with Gasteiger partial charge >= 0.3 is 0 Å². The van der Waals surface area contributed by atoms with Crippen LogP contribution in [0.5, 0.6) is 0 Å². The third kappa shape index (κ3) is 3.75. The highest BCUT2D eigenvalue weighted by Gasteiger charge is 2.09. The van der Waals surface area contributed by atoms with Crippen molar-refractivity contribution in [1.82, 2.24) is 10.3 Å². The van der Waals surface area contributed by atoms with E-state index in [2.05, 4.69) is 40.0 Å². The first-order chi connectivity index (χ1) is 8.90. The number of hydrogen-bond donors (Lipinski definition) is 1. The molecule has 0 radical (unpaired) electrons. The molecule has 1 aromatic heterocycles. The highest BCUT2D eigenvalue weighted by molar-refractivity contribution is 5.50. The first-order valence-electron chi connectivity index (χ1n) is 6.79. The predicted octanol–water partition coefficient (Wildman–Crippen LogP) is 2.03. The van der Waals surface area contributed by atoms with Gasteiger partial charge in [0.25, 0.3) is 0 Å². The first-order valence-corrected chi connectivity index (χ1v) is 6.79. The van der Waals surface area contributed by atoms with Gasteiger partial charge in [0.15, 0.2) is 0 Å². The second kappa shape index (κ2) is 7.03. The van der Waals surface area contributed by atoms with Crippen LogP contribution in [-0.4, -0.2) is 31.2 Å². The Bertz CT molecular complexity index is 423. The Labute approximate surface area is 110 Å². The molecule has 18 heavy (non-hydrogen) atoms. The van der Waals surface area contributed by atoms with E-state index >= 15 is 0 Å². The van der Waals surface area contributed by atoms with Crippen LogP contribution in [-0.2, 0) is 0 Å². The van der Waals surface area contributed by atoms with E-state index in [0.717, 1.165) is 44.6 Å². The molecule has 3 nitrogen and oxygen atoms in total. The van der Waals surface area contributed by atoms with Crippen LogP contribution in [0.3, 0.4) is 0 Å². The van der Waals surface area contributed by atoms with Crippen LogP contribution in [0.4, 0.5) is 5.69 Å². The summed E-state index contributed by atoms with van der Waals surface area (Å²) in [5, 5.41) is 3.41. The first kappa shape index (κ1) is 12.9. The minimum absolute atomic E-state index is 0.956. The van der Waals surface area contributed by atoms with Crippen molar-refractivity contribution in [2.45, 2.75) is 26.2 Å². The van der Waals surface area contributed by atoms with Crippen LogP contribution in [0.1, 0.15) is 31.7 Å². The van der Waals surface area contributed by atoms with Crippen molar-refractivity contribution in [2.75, 3.05) is 31.1 Å². The monoisotopic (exact) mass is 243 g/mol.